The van der Waals surface area contributed by atoms with Gasteiger partial charge in [-0.05, 0) is 38.3 Å². The van der Waals surface area contributed by atoms with Crippen LogP contribution in [-0.2, 0) is 0 Å². The second kappa shape index (κ2) is 5.72. The van der Waals surface area contributed by atoms with Gasteiger partial charge in [0.05, 0.1) is 11.3 Å². The second-order valence-corrected chi connectivity index (χ2v) is 5.22. The van der Waals surface area contributed by atoms with Crippen molar-refractivity contribution in [2.75, 3.05) is 11.4 Å². The number of benzene rings is 1. The number of nitrogens with zero attached hydrogens (tertiary/aromatic N) is 2. The number of anilines is 1. The summed E-state index contributed by atoms with van der Waals surface area (Å²) >= 11 is 0. The van der Waals surface area contributed by atoms with Crippen LogP contribution in [0.15, 0.2) is 18.2 Å². The van der Waals surface area contributed by atoms with Crippen LogP contribution in [0.1, 0.15) is 38.8 Å². The van der Waals surface area contributed by atoms with E-state index in [4.69, 9.17) is 0 Å². The first-order valence-corrected chi connectivity index (χ1v) is 6.23. The first kappa shape index (κ1) is 13.6. The Kier molecular flexibility index (Phi) is 4.57. The summed E-state index contributed by atoms with van der Waals surface area (Å²) < 4.78 is 0. The smallest absolute Gasteiger partial charge is 0.101 e. The highest BCUT2D eigenvalue weighted by molar-refractivity contribution is 5.64. The molecule has 2 nitrogen and oxygen atoms in total. The summed E-state index contributed by atoms with van der Waals surface area (Å²) in [5.41, 5.74) is 3.05. The van der Waals surface area contributed by atoms with Crippen LogP contribution in [0, 0.1) is 24.2 Å². The van der Waals surface area contributed by atoms with E-state index in [1.807, 2.05) is 12.1 Å². The van der Waals surface area contributed by atoms with Gasteiger partial charge in [0, 0.05) is 12.6 Å². The Bertz CT molecular complexity index is 413. The van der Waals surface area contributed by atoms with E-state index in [-0.39, 0.29) is 0 Å². The lowest BCUT2D eigenvalue weighted by atomic mass is 10.0. The van der Waals surface area contributed by atoms with Gasteiger partial charge in [-0.15, -0.1) is 0 Å². The van der Waals surface area contributed by atoms with E-state index in [0.717, 1.165) is 17.8 Å². The normalized spacial score (nSPS) is 10.7. The predicted octanol–water partition coefficient (Wildman–Crippen LogP) is 3.74. The first-order valence-electron chi connectivity index (χ1n) is 6.23. The Morgan fingerprint density at radius 3 is 2.35 bits per heavy atom. The van der Waals surface area contributed by atoms with Gasteiger partial charge in [-0.3, -0.25) is 0 Å². The predicted molar refractivity (Wildman–Crippen MR) is 73.2 cm³/mol. The summed E-state index contributed by atoms with van der Waals surface area (Å²) in [6.45, 7) is 11.8. The fourth-order valence-electron chi connectivity index (χ4n) is 2.08. The molecule has 0 aromatic heterocycles. The van der Waals surface area contributed by atoms with E-state index in [9.17, 15) is 5.26 Å². The average molecular weight is 230 g/mol. The average Bonchev–Trinajstić information content (AvgIpc) is 2.25. The van der Waals surface area contributed by atoms with Crippen LogP contribution in [-0.4, -0.2) is 12.6 Å². The van der Waals surface area contributed by atoms with Crippen LogP contribution in [0.4, 0.5) is 5.69 Å². The number of para-hydroxylation sites is 1. The van der Waals surface area contributed by atoms with Crippen LogP contribution in [0.3, 0.4) is 0 Å². The Balaban J connectivity index is 3.23. The van der Waals surface area contributed by atoms with Gasteiger partial charge in [0.1, 0.15) is 6.07 Å². The Labute approximate surface area is 105 Å². The van der Waals surface area contributed by atoms with Crippen LogP contribution in [0.25, 0.3) is 0 Å². The minimum Gasteiger partial charge on any atom is -0.368 e. The largest absolute Gasteiger partial charge is 0.368 e. The van der Waals surface area contributed by atoms with E-state index in [2.05, 4.69) is 51.7 Å². The van der Waals surface area contributed by atoms with Crippen LogP contribution < -0.4 is 4.90 Å². The monoisotopic (exact) mass is 230 g/mol. The molecule has 0 saturated carbocycles. The fraction of sp³-hybridized carbons (Fsp3) is 0.533. The van der Waals surface area contributed by atoms with Crippen molar-refractivity contribution in [2.24, 2.45) is 5.92 Å². The molecule has 0 aliphatic heterocycles. The lowest BCUT2D eigenvalue weighted by Gasteiger charge is -2.32. The van der Waals surface area contributed by atoms with Crippen molar-refractivity contribution in [2.45, 2.75) is 40.7 Å². The molecule has 0 amide bonds. The molecule has 0 N–H and O–H groups in total. The SMILES string of the molecule is Cc1cccc(C#N)c1N(CC(C)C)C(C)C. The van der Waals surface area contributed by atoms with Gasteiger partial charge in [-0.2, -0.15) is 5.26 Å². The van der Waals surface area contributed by atoms with Gasteiger partial charge in [-0.25, -0.2) is 0 Å². The highest BCUT2D eigenvalue weighted by Gasteiger charge is 2.17. The maximum absolute atomic E-state index is 9.23. The zero-order chi connectivity index (χ0) is 13.0. The molecule has 0 atom stereocenters. The Hall–Kier alpha value is -1.49. The molecular weight excluding hydrogens is 208 g/mol. The van der Waals surface area contributed by atoms with Gasteiger partial charge in [0.25, 0.3) is 0 Å². The summed E-state index contributed by atoms with van der Waals surface area (Å²) in [7, 11) is 0. The molecule has 1 aromatic carbocycles. The first-order chi connectivity index (χ1) is 7.97. The van der Waals surface area contributed by atoms with Gasteiger partial charge < -0.3 is 4.90 Å². The molecular formula is C15H22N2. The molecule has 92 valence electrons. The standard InChI is InChI=1S/C15H22N2/c1-11(2)10-17(12(3)4)15-13(5)7-6-8-14(15)9-16/h6-8,11-12H,10H2,1-5H3. The molecule has 0 aliphatic carbocycles. The third kappa shape index (κ3) is 3.23. The van der Waals surface area contributed by atoms with Gasteiger partial charge in [0.15, 0.2) is 0 Å². The molecule has 0 bridgehead atoms. The molecule has 0 heterocycles. The third-order valence-electron chi connectivity index (χ3n) is 2.83. The number of rotatable bonds is 4. The number of hydrogen-bond acceptors (Lipinski definition) is 2. The quantitative estimate of drug-likeness (QED) is 0.788. The van der Waals surface area contributed by atoms with Crippen molar-refractivity contribution >= 4 is 5.69 Å². The van der Waals surface area contributed by atoms with Crippen molar-refractivity contribution in [1.29, 1.82) is 5.26 Å². The van der Waals surface area contributed by atoms with E-state index < -0.39 is 0 Å². The molecule has 0 spiro atoms. The van der Waals surface area contributed by atoms with Crippen LogP contribution in [0.2, 0.25) is 0 Å². The van der Waals surface area contributed by atoms with Crippen molar-refractivity contribution in [3.63, 3.8) is 0 Å². The van der Waals surface area contributed by atoms with Crippen LogP contribution >= 0.6 is 0 Å². The highest BCUT2D eigenvalue weighted by Crippen LogP contribution is 2.27. The zero-order valence-corrected chi connectivity index (χ0v) is 11.5. The van der Waals surface area contributed by atoms with Crippen molar-refractivity contribution in [3.05, 3.63) is 29.3 Å². The molecule has 2 heteroatoms. The van der Waals surface area contributed by atoms with Crippen molar-refractivity contribution in [3.8, 4) is 6.07 Å². The minimum absolute atomic E-state index is 0.408. The molecule has 17 heavy (non-hydrogen) atoms. The zero-order valence-electron chi connectivity index (χ0n) is 11.5. The van der Waals surface area contributed by atoms with Gasteiger partial charge in [-0.1, -0.05) is 26.0 Å². The molecule has 0 unspecified atom stereocenters. The fourth-order valence-corrected chi connectivity index (χ4v) is 2.08. The van der Waals surface area contributed by atoms with Gasteiger partial charge in [0.2, 0.25) is 0 Å². The van der Waals surface area contributed by atoms with Crippen molar-refractivity contribution in [1.82, 2.24) is 0 Å². The summed E-state index contributed by atoms with van der Waals surface area (Å²) in [6.07, 6.45) is 0. The Morgan fingerprint density at radius 1 is 1.24 bits per heavy atom. The van der Waals surface area contributed by atoms with Crippen LogP contribution in [0.5, 0.6) is 0 Å². The second-order valence-electron chi connectivity index (χ2n) is 5.22. The van der Waals surface area contributed by atoms with Crippen molar-refractivity contribution < 1.29 is 0 Å². The molecule has 1 rings (SSSR count). The summed E-state index contributed by atoms with van der Waals surface area (Å²) in [6, 6.07) is 8.64. The Morgan fingerprint density at radius 2 is 1.88 bits per heavy atom. The van der Waals surface area contributed by atoms with E-state index >= 15 is 0 Å². The minimum atomic E-state index is 0.408. The summed E-state index contributed by atoms with van der Waals surface area (Å²) in [5.74, 6) is 0.587. The van der Waals surface area contributed by atoms with E-state index in [1.165, 1.54) is 5.56 Å². The maximum Gasteiger partial charge on any atom is 0.101 e. The number of hydrogen-bond donors (Lipinski definition) is 0. The maximum atomic E-state index is 9.23. The molecule has 0 saturated heterocycles. The summed E-state index contributed by atoms with van der Waals surface area (Å²) in [5, 5.41) is 9.23. The lowest BCUT2D eigenvalue weighted by molar-refractivity contribution is 0.570. The molecule has 0 radical (unpaired) electrons. The molecule has 0 aliphatic rings. The van der Waals surface area contributed by atoms with E-state index in [1.54, 1.807) is 0 Å². The highest BCUT2D eigenvalue weighted by atomic mass is 15.2. The van der Waals surface area contributed by atoms with E-state index in [0.29, 0.717) is 12.0 Å². The number of aryl methyl sites for hydroxylation is 1. The number of nitriles is 1. The topological polar surface area (TPSA) is 27.0 Å². The molecule has 1 aromatic rings. The lowest BCUT2D eigenvalue weighted by Crippen LogP contribution is -2.35. The van der Waals surface area contributed by atoms with Gasteiger partial charge >= 0.3 is 0 Å². The summed E-state index contributed by atoms with van der Waals surface area (Å²) in [4.78, 5) is 2.33. The molecule has 0 fully saturated rings. The third-order valence-corrected chi connectivity index (χ3v) is 2.83.